The largest absolute Gasteiger partial charge is 0.338 e. The molecule has 3 nitrogen and oxygen atoms in total. The number of aromatic nitrogens is 2. The van der Waals surface area contributed by atoms with Crippen LogP contribution in [0.4, 0.5) is 0 Å². The van der Waals surface area contributed by atoms with Gasteiger partial charge < -0.3 is 4.98 Å². The first-order valence-electron chi connectivity index (χ1n) is 9.27. The Kier molecular flexibility index (Phi) is 5.54. The maximum absolute atomic E-state index is 4.73. The van der Waals surface area contributed by atoms with Gasteiger partial charge in [-0.25, -0.2) is 4.98 Å². The molecule has 0 aliphatic heterocycles. The van der Waals surface area contributed by atoms with E-state index in [4.69, 9.17) is 4.98 Å². The minimum Gasteiger partial charge on any atom is -0.338 e. The van der Waals surface area contributed by atoms with Crippen LogP contribution in [-0.4, -0.2) is 28.0 Å². The zero-order chi connectivity index (χ0) is 17.8. The topological polar surface area (TPSA) is 31.9 Å². The summed E-state index contributed by atoms with van der Waals surface area (Å²) >= 11 is 0. The van der Waals surface area contributed by atoms with E-state index in [2.05, 4.69) is 67.9 Å². The van der Waals surface area contributed by atoms with E-state index >= 15 is 0 Å². The highest BCUT2D eigenvalue weighted by Gasteiger charge is 2.11. The SMILES string of the molecule is CC(C)CN(Cc1cccc(-c2nc3ccccc3[nH]2)c1)CC(C)C. The van der Waals surface area contributed by atoms with E-state index in [1.807, 2.05) is 18.2 Å². The average molecular weight is 335 g/mol. The number of benzene rings is 2. The molecule has 3 aromatic rings. The van der Waals surface area contributed by atoms with E-state index in [-0.39, 0.29) is 0 Å². The van der Waals surface area contributed by atoms with Crippen molar-refractivity contribution in [3.8, 4) is 11.4 Å². The fraction of sp³-hybridized carbons (Fsp3) is 0.409. The van der Waals surface area contributed by atoms with Gasteiger partial charge in [0.15, 0.2) is 0 Å². The first-order valence-corrected chi connectivity index (χ1v) is 9.27. The van der Waals surface area contributed by atoms with E-state index in [1.54, 1.807) is 0 Å². The second kappa shape index (κ2) is 7.83. The number of rotatable bonds is 7. The summed E-state index contributed by atoms with van der Waals surface area (Å²) in [5.74, 6) is 2.30. The van der Waals surface area contributed by atoms with Crippen LogP contribution >= 0.6 is 0 Å². The van der Waals surface area contributed by atoms with Gasteiger partial charge in [-0.15, -0.1) is 0 Å². The number of hydrogen-bond donors (Lipinski definition) is 1. The Morgan fingerprint density at radius 2 is 1.64 bits per heavy atom. The molecule has 3 rings (SSSR count). The number of nitrogens with one attached hydrogen (secondary N) is 1. The molecular weight excluding hydrogens is 306 g/mol. The first-order chi connectivity index (χ1) is 12.0. The summed E-state index contributed by atoms with van der Waals surface area (Å²) in [6.45, 7) is 12.4. The third-order valence-corrected chi connectivity index (χ3v) is 4.24. The maximum Gasteiger partial charge on any atom is 0.138 e. The Bertz CT molecular complexity index is 774. The molecule has 3 heteroatoms. The van der Waals surface area contributed by atoms with E-state index in [9.17, 15) is 0 Å². The molecular formula is C22H29N3. The molecule has 1 heterocycles. The molecule has 0 aliphatic carbocycles. The van der Waals surface area contributed by atoms with Gasteiger partial charge in [-0.3, -0.25) is 4.90 Å². The lowest BCUT2D eigenvalue weighted by Gasteiger charge is -2.26. The number of aromatic amines is 1. The molecule has 0 saturated heterocycles. The zero-order valence-corrected chi connectivity index (χ0v) is 15.8. The van der Waals surface area contributed by atoms with Gasteiger partial charge in [-0.1, -0.05) is 58.0 Å². The third-order valence-electron chi connectivity index (χ3n) is 4.24. The van der Waals surface area contributed by atoms with E-state index in [0.717, 1.165) is 42.1 Å². The summed E-state index contributed by atoms with van der Waals surface area (Å²) in [7, 11) is 0. The fourth-order valence-electron chi connectivity index (χ4n) is 3.40. The summed E-state index contributed by atoms with van der Waals surface area (Å²) in [5, 5.41) is 0. The summed E-state index contributed by atoms with van der Waals surface area (Å²) < 4.78 is 0. The number of imidazole rings is 1. The minimum absolute atomic E-state index is 0.678. The van der Waals surface area contributed by atoms with Gasteiger partial charge in [0.2, 0.25) is 0 Å². The maximum atomic E-state index is 4.73. The molecule has 132 valence electrons. The normalized spacial score (nSPS) is 12.0. The van der Waals surface area contributed by atoms with Crippen LogP contribution in [0.15, 0.2) is 48.5 Å². The van der Waals surface area contributed by atoms with Crippen molar-refractivity contribution in [1.29, 1.82) is 0 Å². The Morgan fingerprint density at radius 3 is 2.32 bits per heavy atom. The lowest BCUT2D eigenvalue weighted by molar-refractivity contribution is 0.211. The first kappa shape index (κ1) is 17.7. The van der Waals surface area contributed by atoms with Crippen LogP contribution in [0.25, 0.3) is 22.4 Å². The molecule has 0 radical (unpaired) electrons. The van der Waals surface area contributed by atoms with Crippen molar-refractivity contribution in [3.63, 3.8) is 0 Å². The van der Waals surface area contributed by atoms with Crippen molar-refractivity contribution in [2.24, 2.45) is 11.8 Å². The molecule has 0 saturated carbocycles. The molecule has 2 aromatic carbocycles. The monoisotopic (exact) mass is 335 g/mol. The molecule has 0 spiro atoms. The van der Waals surface area contributed by atoms with Gasteiger partial charge in [0, 0.05) is 25.2 Å². The van der Waals surface area contributed by atoms with Crippen LogP contribution in [0.1, 0.15) is 33.3 Å². The molecule has 25 heavy (non-hydrogen) atoms. The van der Waals surface area contributed by atoms with Crippen LogP contribution in [0.2, 0.25) is 0 Å². The Labute approximate surface area is 151 Å². The predicted molar refractivity (Wildman–Crippen MR) is 106 cm³/mol. The van der Waals surface area contributed by atoms with Gasteiger partial charge in [-0.05, 0) is 35.6 Å². The number of H-pyrrole nitrogens is 1. The lowest BCUT2D eigenvalue weighted by Crippen LogP contribution is -2.30. The minimum atomic E-state index is 0.678. The van der Waals surface area contributed by atoms with Crippen molar-refractivity contribution in [2.45, 2.75) is 34.2 Å². The van der Waals surface area contributed by atoms with E-state index in [1.165, 1.54) is 5.56 Å². The summed E-state index contributed by atoms with van der Waals surface area (Å²) in [5.41, 5.74) is 4.61. The summed E-state index contributed by atoms with van der Waals surface area (Å²) in [6.07, 6.45) is 0. The van der Waals surface area contributed by atoms with Gasteiger partial charge in [-0.2, -0.15) is 0 Å². The highest BCUT2D eigenvalue weighted by Crippen LogP contribution is 2.22. The van der Waals surface area contributed by atoms with Crippen molar-refractivity contribution in [3.05, 3.63) is 54.1 Å². The van der Waals surface area contributed by atoms with E-state index in [0.29, 0.717) is 11.8 Å². The van der Waals surface area contributed by atoms with Crippen LogP contribution in [-0.2, 0) is 6.54 Å². The van der Waals surface area contributed by atoms with Crippen molar-refractivity contribution >= 4 is 11.0 Å². The molecule has 0 fully saturated rings. The van der Waals surface area contributed by atoms with Crippen LogP contribution in [0, 0.1) is 11.8 Å². The van der Waals surface area contributed by atoms with Crippen LogP contribution in [0.5, 0.6) is 0 Å². The third kappa shape index (κ3) is 4.70. The van der Waals surface area contributed by atoms with Gasteiger partial charge >= 0.3 is 0 Å². The van der Waals surface area contributed by atoms with Gasteiger partial charge in [0.1, 0.15) is 5.82 Å². The van der Waals surface area contributed by atoms with Crippen LogP contribution in [0.3, 0.4) is 0 Å². The fourth-order valence-corrected chi connectivity index (χ4v) is 3.40. The van der Waals surface area contributed by atoms with Gasteiger partial charge in [0.25, 0.3) is 0 Å². The molecule has 0 atom stereocenters. The predicted octanol–water partition coefficient (Wildman–Crippen LogP) is 5.34. The van der Waals surface area contributed by atoms with Crippen molar-refractivity contribution in [1.82, 2.24) is 14.9 Å². The zero-order valence-electron chi connectivity index (χ0n) is 15.8. The smallest absolute Gasteiger partial charge is 0.138 e. The average Bonchev–Trinajstić information content (AvgIpc) is 2.98. The number of para-hydroxylation sites is 2. The van der Waals surface area contributed by atoms with E-state index < -0.39 is 0 Å². The van der Waals surface area contributed by atoms with Gasteiger partial charge in [0.05, 0.1) is 11.0 Å². The molecule has 0 aliphatic rings. The highest BCUT2D eigenvalue weighted by atomic mass is 15.1. The molecule has 1 N–H and O–H groups in total. The molecule has 1 aromatic heterocycles. The molecule has 0 unspecified atom stereocenters. The number of nitrogens with zero attached hydrogens (tertiary/aromatic N) is 2. The Morgan fingerprint density at radius 1 is 0.920 bits per heavy atom. The van der Waals surface area contributed by atoms with Crippen LogP contribution < -0.4 is 0 Å². The molecule has 0 amide bonds. The van der Waals surface area contributed by atoms with Crippen molar-refractivity contribution < 1.29 is 0 Å². The highest BCUT2D eigenvalue weighted by molar-refractivity contribution is 5.79. The quantitative estimate of drug-likeness (QED) is 0.631. The summed E-state index contributed by atoms with van der Waals surface area (Å²) in [4.78, 5) is 10.7. The second-order valence-electron chi connectivity index (χ2n) is 7.78. The number of fused-ring (bicyclic) bond motifs is 1. The summed E-state index contributed by atoms with van der Waals surface area (Å²) in [6, 6.07) is 17.0. The lowest BCUT2D eigenvalue weighted by atomic mass is 10.1. The van der Waals surface area contributed by atoms with Crippen molar-refractivity contribution in [2.75, 3.05) is 13.1 Å². The Hall–Kier alpha value is -2.13. The second-order valence-corrected chi connectivity index (χ2v) is 7.78. The standard InChI is InChI=1S/C22H29N3/c1-16(2)13-25(14-17(3)4)15-18-8-7-9-19(12-18)22-23-20-10-5-6-11-21(20)24-22/h5-12,16-17H,13-15H2,1-4H3,(H,23,24). The Balaban J connectivity index is 1.82. The number of hydrogen-bond acceptors (Lipinski definition) is 2. The molecule has 0 bridgehead atoms.